The van der Waals surface area contributed by atoms with Gasteiger partial charge in [-0.05, 0) is 36.4 Å². The molecule has 3 aromatic carbocycles. The molecule has 0 aliphatic heterocycles. The van der Waals surface area contributed by atoms with Gasteiger partial charge in [-0.2, -0.15) is 0 Å². The fourth-order valence-electron chi connectivity index (χ4n) is 2.21. The Balaban J connectivity index is 0.000000192. The van der Waals surface area contributed by atoms with Crippen LogP contribution in [0.1, 0.15) is 0 Å². The molecule has 1 aromatic heterocycles. The number of aromatic hydroxyl groups is 4. The Kier molecular flexibility index (Phi) is 4.72. The standard InChI is InChI=1S/C13H9NO2S.C6H6O2/c15-9-5-8(6-10(16)7-9)13-14-11-3-1-2-4-12(11)17-13;7-5-2-1-3-6(8)4-5/h1-7,15-16H;1-4,7-8H. The minimum absolute atomic E-state index is 0.0410. The van der Waals surface area contributed by atoms with Crippen molar-refractivity contribution in [3.8, 4) is 33.6 Å². The Labute approximate surface area is 147 Å². The van der Waals surface area contributed by atoms with Gasteiger partial charge in [0.05, 0.1) is 10.2 Å². The van der Waals surface area contributed by atoms with Crippen molar-refractivity contribution in [2.45, 2.75) is 0 Å². The molecule has 4 rings (SSSR count). The van der Waals surface area contributed by atoms with Crippen LogP contribution in [0.4, 0.5) is 0 Å². The second-order valence-corrected chi connectivity index (χ2v) is 6.28. The maximum absolute atomic E-state index is 9.45. The summed E-state index contributed by atoms with van der Waals surface area (Å²) < 4.78 is 1.09. The first-order valence-corrected chi connectivity index (χ1v) is 8.20. The smallest absolute Gasteiger partial charge is 0.124 e. The Hall–Kier alpha value is -3.25. The summed E-state index contributed by atoms with van der Waals surface area (Å²) in [6.07, 6.45) is 0. The molecule has 0 saturated heterocycles. The average Bonchev–Trinajstić information content (AvgIpc) is 2.98. The van der Waals surface area contributed by atoms with Gasteiger partial charge in [0.2, 0.25) is 0 Å². The molecule has 25 heavy (non-hydrogen) atoms. The lowest BCUT2D eigenvalue weighted by molar-refractivity contribution is 0.449. The molecule has 0 unspecified atom stereocenters. The third kappa shape index (κ3) is 4.19. The van der Waals surface area contributed by atoms with Crippen LogP contribution in [0.3, 0.4) is 0 Å². The van der Waals surface area contributed by atoms with Crippen molar-refractivity contribution in [2.75, 3.05) is 0 Å². The number of benzene rings is 3. The van der Waals surface area contributed by atoms with Gasteiger partial charge in [0.15, 0.2) is 0 Å². The summed E-state index contributed by atoms with van der Waals surface area (Å²) in [5, 5.41) is 37.0. The SMILES string of the molecule is Oc1cc(O)cc(-c2nc3ccccc3s2)c1.Oc1cccc(O)c1. The Bertz CT molecular complexity index is 943. The fourth-order valence-corrected chi connectivity index (χ4v) is 3.16. The molecule has 0 amide bonds. The lowest BCUT2D eigenvalue weighted by Gasteiger charge is -1.99. The lowest BCUT2D eigenvalue weighted by Crippen LogP contribution is -1.76. The zero-order valence-corrected chi connectivity index (χ0v) is 13.8. The molecule has 4 N–H and O–H groups in total. The van der Waals surface area contributed by atoms with Gasteiger partial charge in [-0.1, -0.05) is 18.2 Å². The van der Waals surface area contributed by atoms with E-state index in [4.69, 9.17) is 10.2 Å². The normalized spacial score (nSPS) is 10.2. The van der Waals surface area contributed by atoms with E-state index >= 15 is 0 Å². The topological polar surface area (TPSA) is 93.8 Å². The van der Waals surface area contributed by atoms with Gasteiger partial charge in [0, 0.05) is 17.7 Å². The van der Waals surface area contributed by atoms with Crippen molar-refractivity contribution >= 4 is 21.6 Å². The third-order valence-corrected chi connectivity index (χ3v) is 4.36. The summed E-state index contributed by atoms with van der Waals surface area (Å²) in [5.74, 6) is 0.258. The van der Waals surface area contributed by atoms with Gasteiger partial charge in [-0.3, -0.25) is 0 Å². The predicted octanol–water partition coefficient (Wildman–Crippen LogP) is 4.47. The van der Waals surface area contributed by atoms with Crippen molar-refractivity contribution in [3.05, 3.63) is 66.7 Å². The number of aromatic nitrogens is 1. The molecule has 126 valence electrons. The van der Waals surface area contributed by atoms with E-state index in [1.54, 1.807) is 18.2 Å². The van der Waals surface area contributed by atoms with Crippen LogP contribution in [-0.2, 0) is 0 Å². The molecular formula is C19H15NO4S. The number of phenolic OH excluding ortho intramolecular Hbond substituents is 4. The summed E-state index contributed by atoms with van der Waals surface area (Å²) in [5.41, 5.74) is 1.65. The van der Waals surface area contributed by atoms with E-state index in [9.17, 15) is 10.2 Å². The molecule has 5 nitrogen and oxygen atoms in total. The number of hydrogen-bond donors (Lipinski definition) is 4. The Morgan fingerprint density at radius 3 is 1.80 bits per heavy atom. The maximum atomic E-state index is 9.45. The van der Waals surface area contributed by atoms with Crippen LogP contribution in [0.5, 0.6) is 23.0 Å². The molecule has 0 aliphatic carbocycles. The largest absolute Gasteiger partial charge is 0.508 e. The van der Waals surface area contributed by atoms with Crippen LogP contribution in [0.2, 0.25) is 0 Å². The van der Waals surface area contributed by atoms with Crippen LogP contribution in [0.15, 0.2) is 66.7 Å². The molecule has 0 fully saturated rings. The average molecular weight is 353 g/mol. The zero-order chi connectivity index (χ0) is 17.8. The summed E-state index contributed by atoms with van der Waals surface area (Å²) in [4.78, 5) is 4.46. The second-order valence-electron chi connectivity index (χ2n) is 5.24. The first-order chi connectivity index (χ1) is 12.0. The Morgan fingerprint density at radius 2 is 1.24 bits per heavy atom. The molecule has 6 heteroatoms. The van der Waals surface area contributed by atoms with E-state index in [1.165, 1.54) is 35.6 Å². The number of phenols is 4. The predicted molar refractivity (Wildman–Crippen MR) is 98.2 cm³/mol. The van der Waals surface area contributed by atoms with Crippen molar-refractivity contribution in [2.24, 2.45) is 0 Å². The van der Waals surface area contributed by atoms with Crippen molar-refractivity contribution in [3.63, 3.8) is 0 Å². The molecular weight excluding hydrogens is 338 g/mol. The molecule has 0 atom stereocenters. The van der Waals surface area contributed by atoms with Gasteiger partial charge in [-0.15, -0.1) is 11.3 Å². The van der Waals surface area contributed by atoms with E-state index < -0.39 is 0 Å². The summed E-state index contributed by atoms with van der Waals surface area (Å²) in [7, 11) is 0. The third-order valence-electron chi connectivity index (χ3n) is 3.27. The summed E-state index contributed by atoms with van der Waals surface area (Å²) >= 11 is 1.53. The number of rotatable bonds is 1. The molecule has 0 aliphatic rings. The highest BCUT2D eigenvalue weighted by Gasteiger charge is 2.07. The first-order valence-electron chi connectivity index (χ1n) is 7.38. The molecule has 0 bridgehead atoms. The highest BCUT2D eigenvalue weighted by molar-refractivity contribution is 7.21. The van der Waals surface area contributed by atoms with E-state index in [-0.39, 0.29) is 23.0 Å². The van der Waals surface area contributed by atoms with Gasteiger partial charge in [0.25, 0.3) is 0 Å². The highest BCUT2D eigenvalue weighted by Crippen LogP contribution is 2.33. The van der Waals surface area contributed by atoms with E-state index in [0.29, 0.717) is 0 Å². The number of hydrogen-bond acceptors (Lipinski definition) is 6. The number of thiazole rings is 1. The van der Waals surface area contributed by atoms with Crippen LogP contribution >= 0.6 is 11.3 Å². The van der Waals surface area contributed by atoms with Crippen molar-refractivity contribution in [1.29, 1.82) is 0 Å². The van der Waals surface area contributed by atoms with Crippen molar-refractivity contribution < 1.29 is 20.4 Å². The monoisotopic (exact) mass is 353 g/mol. The van der Waals surface area contributed by atoms with Gasteiger partial charge in [0.1, 0.15) is 28.0 Å². The van der Waals surface area contributed by atoms with Crippen molar-refractivity contribution in [1.82, 2.24) is 4.98 Å². The molecule has 0 radical (unpaired) electrons. The van der Waals surface area contributed by atoms with Crippen LogP contribution < -0.4 is 0 Å². The summed E-state index contributed by atoms with van der Waals surface area (Å²) in [6.45, 7) is 0. The van der Waals surface area contributed by atoms with Crippen LogP contribution in [0.25, 0.3) is 20.8 Å². The summed E-state index contributed by atoms with van der Waals surface area (Å²) in [6, 6.07) is 18.2. The number of nitrogens with zero attached hydrogens (tertiary/aromatic N) is 1. The van der Waals surface area contributed by atoms with Gasteiger partial charge in [-0.25, -0.2) is 4.98 Å². The highest BCUT2D eigenvalue weighted by atomic mass is 32.1. The van der Waals surface area contributed by atoms with E-state index in [1.807, 2.05) is 24.3 Å². The molecule has 4 aromatic rings. The minimum atomic E-state index is 0.0410. The van der Waals surface area contributed by atoms with Gasteiger partial charge >= 0.3 is 0 Å². The van der Waals surface area contributed by atoms with Gasteiger partial charge < -0.3 is 20.4 Å². The van der Waals surface area contributed by atoms with E-state index in [2.05, 4.69) is 4.98 Å². The molecule has 1 heterocycles. The zero-order valence-electron chi connectivity index (χ0n) is 13.0. The molecule has 0 spiro atoms. The van der Waals surface area contributed by atoms with E-state index in [0.717, 1.165) is 20.8 Å². The first kappa shape index (κ1) is 16.6. The number of fused-ring (bicyclic) bond motifs is 1. The lowest BCUT2D eigenvalue weighted by atomic mass is 10.2. The van der Waals surface area contributed by atoms with Crippen LogP contribution in [0, 0.1) is 0 Å². The number of para-hydroxylation sites is 1. The second kappa shape index (κ2) is 7.11. The molecule has 0 saturated carbocycles. The fraction of sp³-hybridized carbons (Fsp3) is 0. The maximum Gasteiger partial charge on any atom is 0.124 e. The quantitative estimate of drug-likeness (QED) is 0.405. The Morgan fingerprint density at radius 1 is 0.640 bits per heavy atom. The van der Waals surface area contributed by atoms with Crippen LogP contribution in [-0.4, -0.2) is 25.4 Å². The minimum Gasteiger partial charge on any atom is -0.508 e.